The zero-order valence-corrected chi connectivity index (χ0v) is 12.7. The summed E-state index contributed by atoms with van der Waals surface area (Å²) in [7, 11) is 0. The van der Waals surface area contributed by atoms with Gasteiger partial charge >= 0.3 is 5.69 Å². The molecular formula is C14H12BrN3O3. The van der Waals surface area contributed by atoms with Crippen LogP contribution in [0.25, 0.3) is 0 Å². The highest BCUT2D eigenvalue weighted by molar-refractivity contribution is 9.10. The number of nitrogens with zero attached hydrogens (tertiary/aromatic N) is 1. The maximum Gasteiger partial charge on any atom is 0.312 e. The predicted octanol–water partition coefficient (Wildman–Crippen LogP) is 3.74. The SMILES string of the molecule is Cc1ccc(Oc2ccc(Br)cc2[N+](=O)[O-])c(C(=N)N)c1. The van der Waals surface area contributed by atoms with E-state index in [-0.39, 0.29) is 17.3 Å². The van der Waals surface area contributed by atoms with Gasteiger partial charge in [-0.25, -0.2) is 0 Å². The summed E-state index contributed by atoms with van der Waals surface area (Å²) in [6.07, 6.45) is 0. The maximum atomic E-state index is 11.1. The van der Waals surface area contributed by atoms with Gasteiger partial charge in [-0.1, -0.05) is 27.6 Å². The van der Waals surface area contributed by atoms with Crippen LogP contribution >= 0.6 is 15.9 Å². The summed E-state index contributed by atoms with van der Waals surface area (Å²) < 4.78 is 6.17. The number of ether oxygens (including phenoxy) is 1. The molecule has 3 N–H and O–H groups in total. The number of nitro benzene ring substituents is 1. The van der Waals surface area contributed by atoms with Crippen LogP contribution in [-0.2, 0) is 0 Å². The monoisotopic (exact) mass is 349 g/mol. The lowest BCUT2D eigenvalue weighted by Crippen LogP contribution is -2.12. The number of nitrogens with two attached hydrogens (primary N) is 1. The number of nitrogen functional groups attached to an aromatic ring is 1. The molecular weight excluding hydrogens is 338 g/mol. The Bertz CT molecular complexity index is 670. The van der Waals surface area contributed by atoms with Gasteiger partial charge in [-0.15, -0.1) is 0 Å². The number of nitrogens with one attached hydrogen (secondary N) is 1. The van der Waals surface area contributed by atoms with E-state index in [0.29, 0.717) is 15.8 Å². The van der Waals surface area contributed by atoms with Gasteiger partial charge in [0.05, 0.1) is 10.5 Å². The highest BCUT2D eigenvalue weighted by atomic mass is 79.9. The summed E-state index contributed by atoms with van der Waals surface area (Å²) in [4.78, 5) is 10.5. The summed E-state index contributed by atoms with van der Waals surface area (Å²) in [6.45, 7) is 1.86. The van der Waals surface area contributed by atoms with Crippen LogP contribution in [0.1, 0.15) is 11.1 Å². The molecule has 7 heteroatoms. The third-order valence-electron chi connectivity index (χ3n) is 2.76. The summed E-state index contributed by atoms with van der Waals surface area (Å²) in [6, 6.07) is 9.61. The van der Waals surface area contributed by atoms with Crippen molar-refractivity contribution >= 4 is 27.5 Å². The average molecular weight is 350 g/mol. The minimum absolute atomic E-state index is 0.0922. The van der Waals surface area contributed by atoms with Gasteiger partial charge in [0.1, 0.15) is 11.6 Å². The number of hydrogen-bond donors (Lipinski definition) is 2. The van der Waals surface area contributed by atoms with Crippen LogP contribution in [0.2, 0.25) is 0 Å². The van der Waals surface area contributed by atoms with Crippen molar-refractivity contribution in [3.63, 3.8) is 0 Å². The van der Waals surface area contributed by atoms with Gasteiger partial charge < -0.3 is 10.5 Å². The number of halogens is 1. The first-order valence-electron chi connectivity index (χ1n) is 5.95. The molecule has 108 valence electrons. The molecule has 2 rings (SSSR count). The van der Waals surface area contributed by atoms with E-state index in [4.69, 9.17) is 15.9 Å². The van der Waals surface area contributed by atoms with Gasteiger partial charge in [-0.2, -0.15) is 0 Å². The first-order valence-corrected chi connectivity index (χ1v) is 6.74. The Morgan fingerprint density at radius 3 is 2.57 bits per heavy atom. The molecule has 0 heterocycles. The van der Waals surface area contributed by atoms with Crippen molar-refractivity contribution in [3.8, 4) is 11.5 Å². The fourth-order valence-corrected chi connectivity index (χ4v) is 2.13. The Morgan fingerprint density at radius 1 is 1.29 bits per heavy atom. The maximum absolute atomic E-state index is 11.1. The molecule has 0 radical (unpaired) electrons. The largest absolute Gasteiger partial charge is 0.449 e. The number of hydrogen-bond acceptors (Lipinski definition) is 4. The molecule has 0 aliphatic rings. The first-order chi connectivity index (χ1) is 9.88. The number of aryl methyl sites for hydroxylation is 1. The van der Waals surface area contributed by atoms with E-state index in [2.05, 4.69) is 15.9 Å². The Morgan fingerprint density at radius 2 is 1.95 bits per heavy atom. The number of benzene rings is 2. The molecule has 0 aromatic heterocycles. The van der Waals surface area contributed by atoms with Crippen molar-refractivity contribution < 1.29 is 9.66 Å². The van der Waals surface area contributed by atoms with Crippen LogP contribution in [0.15, 0.2) is 40.9 Å². The van der Waals surface area contributed by atoms with Crippen LogP contribution < -0.4 is 10.5 Å². The molecule has 0 unspecified atom stereocenters. The molecule has 0 fully saturated rings. The quantitative estimate of drug-likeness (QED) is 0.379. The molecule has 0 atom stereocenters. The van der Waals surface area contributed by atoms with Crippen molar-refractivity contribution in [1.82, 2.24) is 0 Å². The molecule has 0 amide bonds. The average Bonchev–Trinajstić information content (AvgIpc) is 2.42. The normalized spacial score (nSPS) is 10.2. The standard InChI is InChI=1S/C14H12BrN3O3/c1-8-2-4-12(10(6-8)14(16)17)21-13-5-3-9(15)7-11(13)18(19)20/h2-7H,1H3,(H3,16,17). The van der Waals surface area contributed by atoms with E-state index in [1.165, 1.54) is 12.1 Å². The fraction of sp³-hybridized carbons (Fsp3) is 0.0714. The molecule has 0 aliphatic carbocycles. The van der Waals surface area contributed by atoms with Gasteiger partial charge in [0.15, 0.2) is 0 Å². The van der Waals surface area contributed by atoms with Gasteiger partial charge in [-0.05, 0) is 31.2 Å². The second-order valence-corrected chi connectivity index (χ2v) is 5.30. The molecule has 2 aromatic rings. The zero-order valence-electron chi connectivity index (χ0n) is 11.1. The van der Waals surface area contributed by atoms with Crippen LogP contribution in [0.4, 0.5) is 5.69 Å². The number of nitro groups is 1. The van der Waals surface area contributed by atoms with Crippen molar-refractivity contribution in [2.45, 2.75) is 6.92 Å². The van der Waals surface area contributed by atoms with Crippen molar-refractivity contribution in [3.05, 3.63) is 62.1 Å². The van der Waals surface area contributed by atoms with Gasteiger partial charge in [0, 0.05) is 10.5 Å². The lowest BCUT2D eigenvalue weighted by Gasteiger charge is -2.11. The molecule has 6 nitrogen and oxygen atoms in total. The fourth-order valence-electron chi connectivity index (χ4n) is 1.78. The van der Waals surface area contributed by atoms with E-state index < -0.39 is 4.92 Å². The van der Waals surface area contributed by atoms with Crippen molar-refractivity contribution in [2.75, 3.05) is 0 Å². The summed E-state index contributed by atoms with van der Waals surface area (Å²) in [5.74, 6) is 0.238. The lowest BCUT2D eigenvalue weighted by molar-refractivity contribution is -0.385. The molecule has 0 bridgehead atoms. The highest BCUT2D eigenvalue weighted by Gasteiger charge is 2.18. The number of amidine groups is 1. The Balaban J connectivity index is 2.48. The van der Waals surface area contributed by atoms with Crippen LogP contribution in [0, 0.1) is 22.4 Å². The van der Waals surface area contributed by atoms with Crippen LogP contribution in [0.5, 0.6) is 11.5 Å². The van der Waals surface area contributed by atoms with Gasteiger partial charge in [-0.3, -0.25) is 15.5 Å². The van der Waals surface area contributed by atoms with E-state index in [1.54, 1.807) is 24.3 Å². The van der Waals surface area contributed by atoms with Crippen LogP contribution in [0.3, 0.4) is 0 Å². The second kappa shape index (κ2) is 5.92. The molecule has 0 saturated heterocycles. The Labute approximate surface area is 129 Å². The minimum atomic E-state index is -0.526. The Hall–Kier alpha value is -2.41. The van der Waals surface area contributed by atoms with E-state index >= 15 is 0 Å². The highest BCUT2D eigenvalue weighted by Crippen LogP contribution is 2.35. The third kappa shape index (κ3) is 3.38. The second-order valence-electron chi connectivity index (χ2n) is 4.38. The number of rotatable bonds is 4. The van der Waals surface area contributed by atoms with Gasteiger partial charge in [0.2, 0.25) is 5.75 Å². The third-order valence-corrected chi connectivity index (χ3v) is 3.26. The first kappa shape index (κ1) is 15.0. The summed E-state index contributed by atoms with van der Waals surface area (Å²) >= 11 is 3.18. The molecule has 2 aromatic carbocycles. The molecule has 21 heavy (non-hydrogen) atoms. The lowest BCUT2D eigenvalue weighted by atomic mass is 10.1. The van der Waals surface area contributed by atoms with Gasteiger partial charge in [0.25, 0.3) is 0 Å². The molecule has 0 aliphatic heterocycles. The minimum Gasteiger partial charge on any atom is -0.449 e. The molecule has 0 saturated carbocycles. The van der Waals surface area contributed by atoms with E-state index in [9.17, 15) is 10.1 Å². The van der Waals surface area contributed by atoms with Crippen molar-refractivity contribution in [2.24, 2.45) is 5.73 Å². The van der Waals surface area contributed by atoms with Crippen molar-refractivity contribution in [1.29, 1.82) is 5.41 Å². The predicted molar refractivity (Wildman–Crippen MR) is 83.1 cm³/mol. The smallest absolute Gasteiger partial charge is 0.312 e. The van der Waals surface area contributed by atoms with Crippen LogP contribution in [-0.4, -0.2) is 10.8 Å². The topological polar surface area (TPSA) is 102 Å². The summed E-state index contributed by atoms with van der Waals surface area (Å²) in [5, 5.41) is 18.6. The summed E-state index contributed by atoms with van der Waals surface area (Å²) in [5.41, 5.74) is 6.66. The molecule has 0 spiro atoms. The van der Waals surface area contributed by atoms with E-state index in [1.807, 2.05) is 6.92 Å². The Kier molecular flexibility index (Phi) is 4.23. The zero-order chi connectivity index (χ0) is 15.6. The van der Waals surface area contributed by atoms with E-state index in [0.717, 1.165) is 5.56 Å².